The fraction of sp³-hybridized carbons (Fsp3) is 0.333. The van der Waals surface area contributed by atoms with Gasteiger partial charge in [0, 0.05) is 0 Å². The molecular weight excluding hydrogens is 227 g/mol. The molecule has 6 heteroatoms. The lowest BCUT2D eigenvalue weighted by molar-refractivity contribution is -0.115. The average molecular weight is 237 g/mol. The second kappa shape index (κ2) is 4.65. The van der Waals surface area contributed by atoms with Gasteiger partial charge in [-0.05, 0) is 18.4 Å². The highest BCUT2D eigenvalue weighted by Crippen LogP contribution is 2.33. The monoisotopic (exact) mass is 237 g/mol. The molecule has 0 atom stereocenters. The predicted molar refractivity (Wildman–Crippen MR) is 54.4 cm³/mol. The SMILES string of the molecule is CSc1cccc(NCC(F)(F)F)c1O. The maximum Gasteiger partial charge on any atom is 0.405 e. The van der Waals surface area contributed by atoms with Crippen molar-refractivity contribution >= 4 is 17.4 Å². The predicted octanol–water partition coefficient (Wildman–Crippen LogP) is 3.09. The minimum Gasteiger partial charge on any atom is -0.505 e. The van der Waals surface area contributed by atoms with Crippen LogP contribution in [0.15, 0.2) is 23.1 Å². The van der Waals surface area contributed by atoms with Crippen LogP contribution in [0.1, 0.15) is 0 Å². The van der Waals surface area contributed by atoms with Gasteiger partial charge in [0.15, 0.2) is 5.75 Å². The zero-order chi connectivity index (χ0) is 11.5. The van der Waals surface area contributed by atoms with Crippen molar-refractivity contribution in [3.05, 3.63) is 18.2 Å². The summed E-state index contributed by atoms with van der Waals surface area (Å²) < 4.78 is 35.7. The smallest absolute Gasteiger partial charge is 0.405 e. The number of aromatic hydroxyl groups is 1. The largest absolute Gasteiger partial charge is 0.505 e. The molecule has 1 aromatic carbocycles. The van der Waals surface area contributed by atoms with Crippen LogP contribution in [-0.2, 0) is 0 Å². The number of alkyl halides is 3. The number of anilines is 1. The number of thioether (sulfide) groups is 1. The van der Waals surface area contributed by atoms with E-state index >= 15 is 0 Å². The van der Waals surface area contributed by atoms with E-state index in [2.05, 4.69) is 5.32 Å². The molecule has 2 nitrogen and oxygen atoms in total. The molecule has 0 unspecified atom stereocenters. The number of hydrogen-bond acceptors (Lipinski definition) is 3. The van der Waals surface area contributed by atoms with E-state index in [1.165, 1.54) is 17.8 Å². The van der Waals surface area contributed by atoms with Gasteiger partial charge in [-0.2, -0.15) is 13.2 Å². The highest BCUT2D eigenvalue weighted by molar-refractivity contribution is 7.98. The Bertz CT molecular complexity index is 341. The van der Waals surface area contributed by atoms with Crippen molar-refractivity contribution in [3.8, 4) is 5.75 Å². The van der Waals surface area contributed by atoms with E-state index in [0.717, 1.165) is 0 Å². The van der Waals surface area contributed by atoms with Gasteiger partial charge >= 0.3 is 6.18 Å². The molecule has 0 radical (unpaired) electrons. The molecule has 0 aromatic heterocycles. The van der Waals surface area contributed by atoms with Crippen molar-refractivity contribution in [2.45, 2.75) is 11.1 Å². The number of phenols is 1. The highest BCUT2D eigenvalue weighted by atomic mass is 32.2. The number of hydrogen-bond donors (Lipinski definition) is 2. The lowest BCUT2D eigenvalue weighted by Crippen LogP contribution is -2.21. The summed E-state index contributed by atoms with van der Waals surface area (Å²) in [6.45, 7) is -1.15. The van der Waals surface area contributed by atoms with Gasteiger partial charge in [-0.15, -0.1) is 11.8 Å². The van der Waals surface area contributed by atoms with Crippen molar-refractivity contribution in [3.63, 3.8) is 0 Å². The number of halogens is 3. The van der Waals surface area contributed by atoms with Crippen LogP contribution in [0.3, 0.4) is 0 Å². The number of benzene rings is 1. The molecule has 0 aliphatic carbocycles. The Morgan fingerprint density at radius 1 is 1.40 bits per heavy atom. The van der Waals surface area contributed by atoms with Gasteiger partial charge in [0.2, 0.25) is 0 Å². The van der Waals surface area contributed by atoms with E-state index in [1.807, 2.05) is 0 Å². The summed E-state index contributed by atoms with van der Waals surface area (Å²) in [7, 11) is 0. The number of phenolic OH excluding ortho intramolecular Hbond substituents is 1. The van der Waals surface area contributed by atoms with Gasteiger partial charge in [0.05, 0.1) is 10.6 Å². The summed E-state index contributed by atoms with van der Waals surface area (Å²) in [6.07, 6.45) is -2.55. The number of para-hydroxylation sites is 1. The topological polar surface area (TPSA) is 32.3 Å². The van der Waals surface area contributed by atoms with E-state index in [-0.39, 0.29) is 11.4 Å². The lowest BCUT2D eigenvalue weighted by Gasteiger charge is -2.12. The molecule has 1 rings (SSSR count). The Morgan fingerprint density at radius 3 is 2.60 bits per heavy atom. The summed E-state index contributed by atoms with van der Waals surface area (Å²) in [5.74, 6) is -0.144. The van der Waals surface area contributed by atoms with Crippen molar-refractivity contribution < 1.29 is 18.3 Å². The van der Waals surface area contributed by atoms with E-state index in [0.29, 0.717) is 4.90 Å². The van der Waals surface area contributed by atoms with E-state index in [4.69, 9.17) is 0 Å². The van der Waals surface area contributed by atoms with E-state index < -0.39 is 12.7 Å². The Balaban J connectivity index is 2.78. The lowest BCUT2D eigenvalue weighted by atomic mass is 10.3. The molecule has 1 aromatic rings. The van der Waals surface area contributed by atoms with Crippen molar-refractivity contribution in [2.24, 2.45) is 0 Å². The van der Waals surface area contributed by atoms with Crippen molar-refractivity contribution in [1.29, 1.82) is 0 Å². The molecule has 0 amide bonds. The third kappa shape index (κ3) is 3.54. The third-order valence-corrected chi connectivity index (χ3v) is 2.47. The minimum atomic E-state index is -4.29. The summed E-state index contributed by atoms with van der Waals surface area (Å²) in [5.41, 5.74) is 0.0965. The zero-order valence-electron chi connectivity index (χ0n) is 7.93. The van der Waals surface area contributed by atoms with Crippen LogP contribution in [0.4, 0.5) is 18.9 Å². The normalized spacial score (nSPS) is 11.5. The summed E-state index contributed by atoms with van der Waals surface area (Å²) in [4.78, 5) is 0.544. The molecule has 0 aliphatic heterocycles. The zero-order valence-corrected chi connectivity index (χ0v) is 8.75. The summed E-state index contributed by atoms with van der Waals surface area (Å²) in [5, 5.41) is 11.7. The number of nitrogens with one attached hydrogen (secondary N) is 1. The van der Waals surface area contributed by atoms with Gasteiger partial charge in [-0.3, -0.25) is 0 Å². The second-order valence-electron chi connectivity index (χ2n) is 2.83. The molecule has 0 spiro atoms. The van der Waals surface area contributed by atoms with Crippen LogP contribution in [0, 0.1) is 0 Å². The quantitative estimate of drug-likeness (QED) is 0.626. The summed E-state index contributed by atoms with van der Waals surface area (Å²) in [6, 6.07) is 4.63. The maximum absolute atomic E-state index is 11.9. The molecule has 0 saturated heterocycles. The number of rotatable bonds is 3. The van der Waals surface area contributed by atoms with Gasteiger partial charge in [-0.25, -0.2) is 0 Å². The van der Waals surface area contributed by atoms with Crippen LogP contribution in [-0.4, -0.2) is 24.1 Å². The standard InChI is InChI=1S/C9H10F3NOS/c1-15-7-4-2-3-6(8(7)14)13-5-9(10,11)12/h2-4,13-14H,5H2,1H3. The first kappa shape index (κ1) is 12.0. The van der Waals surface area contributed by atoms with Crippen LogP contribution < -0.4 is 5.32 Å². The van der Waals surface area contributed by atoms with E-state index in [1.54, 1.807) is 18.4 Å². The van der Waals surface area contributed by atoms with E-state index in [9.17, 15) is 18.3 Å². The molecule has 2 N–H and O–H groups in total. The molecule has 84 valence electrons. The van der Waals surface area contributed by atoms with Crippen molar-refractivity contribution in [2.75, 3.05) is 18.1 Å². The molecule has 0 bridgehead atoms. The van der Waals surface area contributed by atoms with Gasteiger partial charge in [0.25, 0.3) is 0 Å². The molecular formula is C9H10F3NOS. The minimum absolute atomic E-state index is 0.0965. The van der Waals surface area contributed by atoms with Crippen LogP contribution in [0.5, 0.6) is 5.75 Å². The molecule has 0 saturated carbocycles. The first-order valence-corrected chi connectivity index (χ1v) is 5.33. The van der Waals surface area contributed by atoms with Crippen LogP contribution in [0.25, 0.3) is 0 Å². The molecule has 0 fully saturated rings. The van der Waals surface area contributed by atoms with Gasteiger partial charge < -0.3 is 10.4 Å². The third-order valence-electron chi connectivity index (χ3n) is 1.70. The van der Waals surface area contributed by atoms with Crippen LogP contribution in [0.2, 0.25) is 0 Å². The second-order valence-corrected chi connectivity index (χ2v) is 3.67. The van der Waals surface area contributed by atoms with Gasteiger partial charge in [-0.1, -0.05) is 6.07 Å². The average Bonchev–Trinajstić information content (AvgIpc) is 2.15. The Hall–Kier alpha value is -1.04. The first-order valence-electron chi connectivity index (χ1n) is 4.10. The molecule has 0 heterocycles. The fourth-order valence-electron chi connectivity index (χ4n) is 1.03. The van der Waals surface area contributed by atoms with Gasteiger partial charge in [0.1, 0.15) is 6.54 Å². The first-order chi connectivity index (χ1) is 6.94. The summed E-state index contributed by atoms with van der Waals surface area (Å²) >= 11 is 1.27. The van der Waals surface area contributed by atoms with Crippen molar-refractivity contribution in [1.82, 2.24) is 0 Å². The Morgan fingerprint density at radius 2 is 2.07 bits per heavy atom. The maximum atomic E-state index is 11.9. The molecule has 15 heavy (non-hydrogen) atoms. The highest BCUT2D eigenvalue weighted by Gasteiger charge is 2.27. The Kier molecular flexibility index (Phi) is 3.73. The molecule has 0 aliphatic rings. The Labute approximate surface area is 89.5 Å². The van der Waals surface area contributed by atoms with Crippen LogP contribution >= 0.6 is 11.8 Å². The fourth-order valence-corrected chi connectivity index (χ4v) is 1.54.